The number of aryl methyl sites for hydroxylation is 1. The molecular formula is C12H11ClN4O3. The fourth-order valence-electron chi connectivity index (χ4n) is 1.66. The van der Waals surface area contributed by atoms with E-state index in [-0.39, 0.29) is 17.8 Å². The van der Waals surface area contributed by atoms with E-state index in [0.717, 1.165) is 0 Å². The Morgan fingerprint density at radius 2 is 2.30 bits per heavy atom. The third-order valence-electron chi connectivity index (χ3n) is 2.75. The van der Waals surface area contributed by atoms with Crippen LogP contribution in [0.1, 0.15) is 16.1 Å². The van der Waals surface area contributed by atoms with Crippen LogP contribution in [0.25, 0.3) is 0 Å². The highest BCUT2D eigenvalue weighted by Gasteiger charge is 2.13. The lowest BCUT2D eigenvalue weighted by Gasteiger charge is -2.06. The fraction of sp³-hybridized carbons (Fsp3) is 0.167. The normalized spacial score (nSPS) is 10.3. The predicted molar refractivity (Wildman–Crippen MR) is 72.5 cm³/mol. The molecule has 2 aromatic rings. The summed E-state index contributed by atoms with van der Waals surface area (Å²) in [6.07, 6.45) is 1.48. The average Bonchev–Trinajstić information content (AvgIpc) is 2.75. The van der Waals surface area contributed by atoms with E-state index in [1.807, 2.05) is 0 Å². The van der Waals surface area contributed by atoms with Crippen molar-refractivity contribution >= 4 is 23.2 Å². The number of nitro benzene ring substituents is 1. The first kappa shape index (κ1) is 14.0. The van der Waals surface area contributed by atoms with Crippen molar-refractivity contribution < 1.29 is 9.72 Å². The highest BCUT2D eigenvalue weighted by atomic mass is 35.5. The number of amides is 1. The minimum absolute atomic E-state index is 0.129. The monoisotopic (exact) mass is 294 g/mol. The van der Waals surface area contributed by atoms with Crippen LogP contribution in [0, 0.1) is 10.1 Å². The van der Waals surface area contributed by atoms with Crippen LogP contribution in [-0.2, 0) is 13.6 Å². The molecule has 2 rings (SSSR count). The molecular weight excluding hydrogens is 284 g/mol. The van der Waals surface area contributed by atoms with Crippen molar-refractivity contribution in [2.45, 2.75) is 6.54 Å². The second-order valence-corrected chi connectivity index (χ2v) is 4.46. The van der Waals surface area contributed by atoms with Crippen LogP contribution < -0.4 is 5.32 Å². The molecule has 0 aliphatic heterocycles. The van der Waals surface area contributed by atoms with Crippen LogP contribution >= 0.6 is 11.6 Å². The largest absolute Gasteiger partial charge is 0.346 e. The molecule has 0 aliphatic rings. The Kier molecular flexibility index (Phi) is 3.99. The second-order valence-electron chi connectivity index (χ2n) is 4.05. The number of halogens is 1. The third kappa shape index (κ3) is 2.94. The van der Waals surface area contributed by atoms with Crippen LogP contribution in [0.4, 0.5) is 5.69 Å². The Hall–Kier alpha value is -2.41. The molecule has 0 spiro atoms. The second kappa shape index (κ2) is 5.70. The minimum atomic E-state index is -0.547. The molecule has 0 atom stereocenters. The maximum Gasteiger partial charge on any atom is 0.270 e. The number of non-ortho nitro benzene ring substituents is 1. The van der Waals surface area contributed by atoms with Gasteiger partial charge in [0.2, 0.25) is 0 Å². The smallest absolute Gasteiger partial charge is 0.270 e. The van der Waals surface area contributed by atoms with E-state index in [9.17, 15) is 14.9 Å². The van der Waals surface area contributed by atoms with Crippen molar-refractivity contribution in [3.8, 4) is 0 Å². The summed E-state index contributed by atoms with van der Waals surface area (Å²) in [5, 5.41) is 17.7. The van der Waals surface area contributed by atoms with Crippen molar-refractivity contribution in [2.75, 3.05) is 0 Å². The van der Waals surface area contributed by atoms with Gasteiger partial charge in [-0.25, -0.2) is 0 Å². The van der Waals surface area contributed by atoms with E-state index in [0.29, 0.717) is 10.7 Å². The van der Waals surface area contributed by atoms with Crippen molar-refractivity contribution in [1.29, 1.82) is 0 Å². The maximum atomic E-state index is 11.9. The zero-order valence-electron chi connectivity index (χ0n) is 10.5. The highest BCUT2D eigenvalue weighted by molar-refractivity contribution is 6.31. The van der Waals surface area contributed by atoms with Crippen molar-refractivity contribution in [3.05, 3.63) is 56.9 Å². The Bertz CT molecular complexity index is 649. The Morgan fingerprint density at radius 1 is 1.55 bits per heavy atom. The lowest BCUT2D eigenvalue weighted by molar-refractivity contribution is -0.384. The first-order chi connectivity index (χ1) is 9.49. The standard InChI is InChI=1S/C12H11ClN4O3/c1-16-11(10(13)6-15-16)7-14-12(18)8-3-2-4-9(5-8)17(19)20/h2-6H,7H2,1H3,(H,14,18). The van der Waals surface area contributed by atoms with Gasteiger partial charge >= 0.3 is 0 Å². The molecule has 1 amide bonds. The summed E-state index contributed by atoms with van der Waals surface area (Å²) in [4.78, 5) is 22.0. The van der Waals surface area contributed by atoms with E-state index >= 15 is 0 Å². The number of hydrogen-bond acceptors (Lipinski definition) is 4. The number of nitrogens with zero attached hydrogens (tertiary/aromatic N) is 3. The van der Waals surface area contributed by atoms with Gasteiger partial charge in [0, 0.05) is 24.7 Å². The van der Waals surface area contributed by atoms with Crippen molar-refractivity contribution in [1.82, 2.24) is 15.1 Å². The summed E-state index contributed by atoms with van der Waals surface area (Å²) >= 11 is 5.92. The number of aromatic nitrogens is 2. The summed E-state index contributed by atoms with van der Waals surface area (Å²) in [5.74, 6) is -0.411. The molecule has 0 bridgehead atoms. The molecule has 1 heterocycles. The highest BCUT2D eigenvalue weighted by Crippen LogP contribution is 2.15. The lowest BCUT2D eigenvalue weighted by atomic mass is 10.2. The summed E-state index contributed by atoms with van der Waals surface area (Å²) in [6, 6.07) is 5.52. The summed E-state index contributed by atoms with van der Waals surface area (Å²) in [6.45, 7) is 0.191. The van der Waals surface area contributed by atoms with E-state index in [1.165, 1.54) is 30.5 Å². The zero-order chi connectivity index (χ0) is 14.7. The molecule has 0 saturated heterocycles. The number of nitrogens with one attached hydrogen (secondary N) is 1. The molecule has 1 N–H and O–H groups in total. The number of rotatable bonds is 4. The predicted octanol–water partition coefficient (Wildman–Crippen LogP) is 1.91. The van der Waals surface area contributed by atoms with Gasteiger partial charge in [-0.15, -0.1) is 0 Å². The van der Waals surface area contributed by atoms with Crippen molar-refractivity contribution in [2.24, 2.45) is 7.05 Å². The Labute approximate surface area is 119 Å². The molecule has 7 nitrogen and oxygen atoms in total. The Morgan fingerprint density at radius 3 is 2.90 bits per heavy atom. The van der Waals surface area contributed by atoms with Gasteiger partial charge in [0.1, 0.15) is 0 Å². The first-order valence-electron chi connectivity index (χ1n) is 5.68. The quantitative estimate of drug-likeness (QED) is 0.689. The summed E-state index contributed by atoms with van der Waals surface area (Å²) in [7, 11) is 1.71. The molecule has 0 aliphatic carbocycles. The molecule has 20 heavy (non-hydrogen) atoms. The number of carbonyl (C=O) groups is 1. The van der Waals surface area contributed by atoms with Crippen LogP contribution in [-0.4, -0.2) is 20.6 Å². The van der Waals surface area contributed by atoms with E-state index < -0.39 is 10.8 Å². The minimum Gasteiger partial charge on any atom is -0.346 e. The van der Waals surface area contributed by atoms with E-state index in [4.69, 9.17) is 11.6 Å². The van der Waals surface area contributed by atoms with Crippen LogP contribution in [0.3, 0.4) is 0 Å². The number of benzene rings is 1. The van der Waals surface area contributed by atoms with E-state index in [1.54, 1.807) is 11.7 Å². The number of nitro groups is 1. The number of carbonyl (C=O) groups excluding carboxylic acids is 1. The average molecular weight is 295 g/mol. The Balaban J connectivity index is 2.09. The van der Waals surface area contributed by atoms with Crippen LogP contribution in [0.2, 0.25) is 5.02 Å². The van der Waals surface area contributed by atoms with Crippen molar-refractivity contribution in [3.63, 3.8) is 0 Å². The first-order valence-corrected chi connectivity index (χ1v) is 6.06. The molecule has 0 unspecified atom stereocenters. The molecule has 0 fully saturated rings. The summed E-state index contributed by atoms with van der Waals surface area (Å²) < 4.78 is 1.55. The zero-order valence-corrected chi connectivity index (χ0v) is 11.3. The SMILES string of the molecule is Cn1ncc(Cl)c1CNC(=O)c1cccc([N+](=O)[O-])c1. The molecule has 1 aromatic carbocycles. The number of hydrogen-bond donors (Lipinski definition) is 1. The van der Waals surface area contributed by atoms with Gasteiger partial charge in [0.25, 0.3) is 11.6 Å². The maximum absolute atomic E-state index is 11.9. The molecule has 104 valence electrons. The van der Waals surface area contributed by atoms with Crippen LogP contribution in [0.5, 0.6) is 0 Å². The topological polar surface area (TPSA) is 90.1 Å². The van der Waals surface area contributed by atoms with Gasteiger partial charge in [0.15, 0.2) is 0 Å². The van der Waals surface area contributed by atoms with Gasteiger partial charge in [-0.05, 0) is 6.07 Å². The van der Waals surface area contributed by atoms with Gasteiger partial charge in [-0.3, -0.25) is 19.6 Å². The molecule has 0 saturated carbocycles. The van der Waals surface area contributed by atoms with Gasteiger partial charge < -0.3 is 5.32 Å². The van der Waals surface area contributed by atoms with Gasteiger partial charge in [0.05, 0.1) is 28.4 Å². The van der Waals surface area contributed by atoms with Gasteiger partial charge in [-0.1, -0.05) is 17.7 Å². The van der Waals surface area contributed by atoms with E-state index in [2.05, 4.69) is 10.4 Å². The lowest BCUT2D eigenvalue weighted by Crippen LogP contribution is -2.24. The molecule has 1 aromatic heterocycles. The van der Waals surface area contributed by atoms with Crippen LogP contribution in [0.15, 0.2) is 30.5 Å². The fourth-order valence-corrected chi connectivity index (χ4v) is 1.89. The molecule has 8 heteroatoms. The summed E-state index contributed by atoms with van der Waals surface area (Å²) in [5.41, 5.74) is 0.749. The molecule has 0 radical (unpaired) electrons. The van der Waals surface area contributed by atoms with Gasteiger partial charge in [-0.2, -0.15) is 5.10 Å². The third-order valence-corrected chi connectivity index (χ3v) is 3.06.